The molecule has 340 valence electrons. The fraction of sp³-hybridized carbons (Fsp3) is 0.478. The predicted octanol–water partition coefficient (Wildman–Crippen LogP) is 7.65. The average molecular weight is 877 g/mol. The van der Waals surface area contributed by atoms with E-state index in [4.69, 9.17) is 20.9 Å². The molecule has 2 aromatic carbocycles. The molecule has 2 atom stereocenters. The van der Waals surface area contributed by atoms with E-state index in [-0.39, 0.29) is 60.1 Å². The summed E-state index contributed by atoms with van der Waals surface area (Å²) in [5.41, 5.74) is 12.2. The van der Waals surface area contributed by atoms with Crippen molar-refractivity contribution in [1.82, 2.24) is 29.4 Å². The summed E-state index contributed by atoms with van der Waals surface area (Å²) >= 11 is 0. The largest absolute Gasteiger partial charge is 0.444 e. The van der Waals surface area contributed by atoms with Crippen LogP contribution in [0.1, 0.15) is 113 Å². The van der Waals surface area contributed by atoms with Crippen LogP contribution in [0.4, 0.5) is 32.6 Å². The van der Waals surface area contributed by atoms with Crippen molar-refractivity contribution < 1.29 is 28.7 Å². The zero-order chi connectivity index (χ0) is 46.6. The van der Waals surface area contributed by atoms with E-state index in [0.29, 0.717) is 63.5 Å². The molecule has 2 saturated heterocycles. The molecule has 0 unspecified atom stereocenters. The van der Waals surface area contributed by atoms with Crippen molar-refractivity contribution in [2.45, 2.75) is 103 Å². The average Bonchev–Trinajstić information content (AvgIpc) is 3.86. The van der Waals surface area contributed by atoms with Gasteiger partial charge in [-0.15, -0.1) is 0 Å². The Bertz CT molecular complexity index is 2120. The van der Waals surface area contributed by atoms with Crippen molar-refractivity contribution >= 4 is 47.0 Å². The molecule has 0 aliphatic carbocycles. The zero-order valence-corrected chi connectivity index (χ0v) is 37.5. The molecule has 18 nitrogen and oxygen atoms in total. The van der Waals surface area contributed by atoms with Crippen molar-refractivity contribution in [3.05, 3.63) is 84.2 Å². The number of nitriles is 2. The normalized spacial score (nSPS) is 15.6. The first-order chi connectivity index (χ1) is 30.3. The smallest absolute Gasteiger partial charge is 0.410 e. The van der Waals surface area contributed by atoms with Crippen molar-refractivity contribution in [2.75, 3.05) is 36.8 Å². The van der Waals surface area contributed by atoms with Crippen LogP contribution < -0.4 is 22.1 Å². The minimum atomic E-state index is -0.592. The second-order valence-electron chi connectivity index (χ2n) is 17.9. The quantitative estimate of drug-likeness (QED) is 0.107. The summed E-state index contributed by atoms with van der Waals surface area (Å²) < 4.78 is 14.3. The van der Waals surface area contributed by atoms with Crippen LogP contribution in [0, 0.1) is 34.5 Å². The summed E-state index contributed by atoms with van der Waals surface area (Å²) in [6.07, 6.45) is 5.87. The molecule has 2 aliphatic rings. The third kappa shape index (κ3) is 13.5. The molecule has 0 radical (unpaired) electrons. The van der Waals surface area contributed by atoms with E-state index in [1.54, 1.807) is 31.6 Å². The molecule has 0 saturated carbocycles. The first-order valence-corrected chi connectivity index (χ1v) is 21.5. The number of carbonyl (C=O) groups excluding carboxylic acids is 4. The van der Waals surface area contributed by atoms with Crippen LogP contribution in [0.15, 0.2) is 73.1 Å². The molecule has 64 heavy (non-hydrogen) atoms. The maximum atomic E-state index is 12.4. The molecule has 2 fully saturated rings. The first-order valence-electron chi connectivity index (χ1n) is 21.5. The number of primary amides is 2. The molecule has 6 N–H and O–H groups in total. The summed E-state index contributed by atoms with van der Waals surface area (Å²) in [7, 11) is 0. The van der Waals surface area contributed by atoms with Gasteiger partial charge in [-0.1, -0.05) is 36.4 Å². The third-order valence-electron chi connectivity index (χ3n) is 10.8. The molecule has 18 heteroatoms. The summed E-state index contributed by atoms with van der Waals surface area (Å²) in [6.45, 7) is 13.2. The van der Waals surface area contributed by atoms with Crippen LogP contribution in [-0.2, 0) is 9.47 Å². The SMILES string of the molecule is CC(C)(C)OC(=O)N1CCC([C@@H](CC#N)n2cc(C(N)=O)c(Nc3ccccc3)n2)CC1.CC(C)(C)OC(=O)N1CCC([C@H](CC#N)n2cc(C(N)=O)c(Nc3ccccc3)n2)CC1. The molecule has 4 aromatic rings. The van der Waals surface area contributed by atoms with Crippen molar-refractivity contribution in [3.63, 3.8) is 0 Å². The highest BCUT2D eigenvalue weighted by Gasteiger charge is 2.34. The Kier molecular flexibility index (Phi) is 16.0. The number of ether oxygens (including phenoxy) is 2. The number of carbonyl (C=O) groups is 4. The Balaban J connectivity index is 0.000000241. The highest BCUT2D eigenvalue weighted by Crippen LogP contribution is 2.35. The number of amides is 4. The summed E-state index contributed by atoms with van der Waals surface area (Å²) in [4.78, 5) is 52.2. The number of piperidine rings is 2. The Morgan fingerprint density at radius 2 is 0.969 bits per heavy atom. The van der Waals surface area contributed by atoms with Crippen LogP contribution in [0.2, 0.25) is 0 Å². The Morgan fingerprint density at radius 3 is 1.25 bits per heavy atom. The van der Waals surface area contributed by atoms with Crippen molar-refractivity contribution in [3.8, 4) is 12.1 Å². The number of hydrogen-bond donors (Lipinski definition) is 4. The van der Waals surface area contributed by atoms with Gasteiger partial charge in [-0.05, 0) is 103 Å². The van der Waals surface area contributed by atoms with Crippen LogP contribution in [0.25, 0.3) is 0 Å². The monoisotopic (exact) mass is 876 g/mol. The molecule has 2 aliphatic heterocycles. The van der Waals surface area contributed by atoms with Gasteiger partial charge in [-0.25, -0.2) is 9.59 Å². The number of nitrogens with one attached hydrogen (secondary N) is 2. The Morgan fingerprint density at radius 1 is 0.641 bits per heavy atom. The number of likely N-dealkylation sites (tertiary alicyclic amines) is 2. The summed E-state index contributed by atoms with van der Waals surface area (Å²) in [5, 5.41) is 34.3. The fourth-order valence-electron chi connectivity index (χ4n) is 7.71. The molecule has 4 amide bonds. The van der Waals surface area contributed by atoms with Gasteiger partial charge >= 0.3 is 12.2 Å². The van der Waals surface area contributed by atoms with E-state index in [1.807, 2.05) is 102 Å². The lowest BCUT2D eigenvalue weighted by Gasteiger charge is -2.36. The maximum absolute atomic E-state index is 12.4. The summed E-state index contributed by atoms with van der Waals surface area (Å²) in [5.74, 6) is -0.219. The second kappa shape index (κ2) is 21.3. The van der Waals surface area contributed by atoms with Gasteiger partial charge in [0, 0.05) is 49.9 Å². The van der Waals surface area contributed by atoms with Gasteiger partial charge in [0.2, 0.25) is 0 Å². The van der Waals surface area contributed by atoms with E-state index in [1.165, 1.54) is 0 Å². The first kappa shape index (κ1) is 48.0. The second-order valence-corrected chi connectivity index (χ2v) is 17.9. The molecule has 6 rings (SSSR count). The van der Waals surface area contributed by atoms with Gasteiger partial charge < -0.3 is 41.4 Å². The predicted molar refractivity (Wildman–Crippen MR) is 241 cm³/mol. The van der Waals surface area contributed by atoms with E-state index in [0.717, 1.165) is 11.4 Å². The Hall–Kier alpha value is -7.08. The zero-order valence-electron chi connectivity index (χ0n) is 37.5. The maximum Gasteiger partial charge on any atom is 0.410 e. The number of benzene rings is 2. The van der Waals surface area contributed by atoms with Crippen molar-refractivity contribution in [2.24, 2.45) is 23.3 Å². The number of aromatic nitrogens is 4. The minimum absolute atomic E-state index is 0.124. The van der Waals surface area contributed by atoms with Gasteiger partial charge in [0.15, 0.2) is 11.6 Å². The van der Waals surface area contributed by atoms with Gasteiger partial charge in [-0.3, -0.25) is 19.0 Å². The number of rotatable bonds is 12. The lowest BCUT2D eigenvalue weighted by atomic mass is 9.88. The van der Waals surface area contributed by atoms with Crippen molar-refractivity contribution in [1.29, 1.82) is 10.5 Å². The molecule has 0 spiro atoms. The number of para-hydroxylation sites is 2. The van der Waals surface area contributed by atoms with Crippen LogP contribution in [0.3, 0.4) is 0 Å². The number of hydrogen-bond acceptors (Lipinski definition) is 12. The third-order valence-corrected chi connectivity index (χ3v) is 10.8. The molecular weight excluding hydrogens is 817 g/mol. The topological polar surface area (TPSA) is 253 Å². The van der Waals surface area contributed by atoms with E-state index < -0.39 is 23.0 Å². The van der Waals surface area contributed by atoms with E-state index >= 15 is 0 Å². The highest BCUT2D eigenvalue weighted by atomic mass is 16.6. The molecule has 2 aromatic heterocycles. The van der Waals surface area contributed by atoms with Gasteiger partial charge in [0.1, 0.15) is 22.3 Å². The number of nitrogens with two attached hydrogens (primary N) is 2. The van der Waals surface area contributed by atoms with Gasteiger partial charge in [-0.2, -0.15) is 20.7 Å². The highest BCUT2D eigenvalue weighted by molar-refractivity contribution is 5.98. The molecule has 0 bridgehead atoms. The van der Waals surface area contributed by atoms with Gasteiger partial charge in [0.25, 0.3) is 11.8 Å². The van der Waals surface area contributed by atoms with E-state index in [2.05, 4.69) is 33.0 Å². The van der Waals surface area contributed by atoms with Crippen LogP contribution in [-0.4, -0.2) is 90.7 Å². The number of anilines is 4. The molecule has 4 heterocycles. The number of nitrogens with zero attached hydrogens (tertiary/aromatic N) is 8. The Labute approximate surface area is 374 Å². The fourth-order valence-corrected chi connectivity index (χ4v) is 7.71. The lowest BCUT2D eigenvalue weighted by Crippen LogP contribution is -2.43. The van der Waals surface area contributed by atoms with Gasteiger partial charge in [0.05, 0.1) is 37.1 Å². The van der Waals surface area contributed by atoms with E-state index in [9.17, 15) is 29.7 Å². The van der Waals surface area contributed by atoms with Crippen LogP contribution >= 0.6 is 0 Å². The minimum Gasteiger partial charge on any atom is -0.444 e. The van der Waals surface area contributed by atoms with Crippen LogP contribution in [0.5, 0.6) is 0 Å². The standard InChI is InChI=1S/2C23H30N6O3/c2*1-23(2,3)32-22(31)28-13-10-16(11-14-28)19(9-12-24)29-15-18(20(25)30)21(27-29)26-17-7-5-4-6-8-17/h2*4-8,15-16,19H,9-11,13-14H2,1-3H3,(H2,25,30)(H,26,27)/t2*19-/m10/s1. The lowest BCUT2D eigenvalue weighted by molar-refractivity contribution is 0.0150. The molecular formula is C46H60N12O6. The summed E-state index contributed by atoms with van der Waals surface area (Å²) in [6, 6.07) is 22.8.